The molecule has 0 bridgehead atoms. The molecule has 2 aromatic rings. The number of nitrogens with zero attached hydrogens (tertiary/aromatic N) is 1. The number of pyridine rings is 1. The second kappa shape index (κ2) is 7.79. The number of amides is 2. The number of benzene rings is 1. The first-order valence-electron chi connectivity index (χ1n) is 8.50. The fourth-order valence-electron chi connectivity index (χ4n) is 2.90. The van der Waals surface area contributed by atoms with E-state index in [9.17, 15) is 9.59 Å². The monoisotopic (exact) mass is 338 g/mol. The number of nitrogens with one attached hydrogen (secondary N) is 3. The van der Waals surface area contributed by atoms with E-state index in [2.05, 4.69) is 20.9 Å². The average Bonchev–Trinajstić information content (AvgIpc) is 2.97. The van der Waals surface area contributed by atoms with Gasteiger partial charge in [0.15, 0.2) is 0 Å². The summed E-state index contributed by atoms with van der Waals surface area (Å²) in [6.45, 7) is 3.00. The lowest BCUT2D eigenvalue weighted by Gasteiger charge is -2.12. The van der Waals surface area contributed by atoms with Gasteiger partial charge in [0.2, 0.25) is 11.8 Å². The zero-order valence-corrected chi connectivity index (χ0v) is 14.3. The van der Waals surface area contributed by atoms with Crippen LogP contribution in [0.3, 0.4) is 0 Å². The largest absolute Gasteiger partial charge is 0.370 e. The van der Waals surface area contributed by atoms with Crippen molar-refractivity contribution in [3.05, 3.63) is 42.1 Å². The van der Waals surface area contributed by atoms with Gasteiger partial charge in [-0.05, 0) is 48.2 Å². The van der Waals surface area contributed by atoms with Crippen molar-refractivity contribution in [1.29, 1.82) is 0 Å². The molecule has 130 valence electrons. The molecule has 1 aliphatic heterocycles. The molecule has 25 heavy (non-hydrogen) atoms. The minimum Gasteiger partial charge on any atom is -0.370 e. The van der Waals surface area contributed by atoms with Gasteiger partial charge in [0.1, 0.15) is 5.82 Å². The second-order valence-electron chi connectivity index (χ2n) is 6.11. The topological polar surface area (TPSA) is 83.1 Å². The number of rotatable bonds is 7. The van der Waals surface area contributed by atoms with E-state index in [1.165, 1.54) is 6.92 Å². The zero-order valence-electron chi connectivity index (χ0n) is 14.3. The summed E-state index contributed by atoms with van der Waals surface area (Å²) in [6.07, 6.45) is 4.05. The molecule has 6 heteroatoms. The highest BCUT2D eigenvalue weighted by molar-refractivity contribution is 5.99. The molecule has 1 aromatic heterocycles. The predicted molar refractivity (Wildman–Crippen MR) is 98.4 cm³/mol. The first-order valence-corrected chi connectivity index (χ1v) is 8.50. The van der Waals surface area contributed by atoms with Crippen LogP contribution in [0.4, 0.5) is 11.5 Å². The molecular formula is C19H22N4O2. The Morgan fingerprint density at radius 2 is 2.08 bits per heavy atom. The minimum atomic E-state index is 0.00422. The molecular weight excluding hydrogens is 316 g/mol. The second-order valence-corrected chi connectivity index (χ2v) is 6.11. The average molecular weight is 338 g/mol. The van der Waals surface area contributed by atoms with Gasteiger partial charge >= 0.3 is 0 Å². The summed E-state index contributed by atoms with van der Waals surface area (Å²) in [5.41, 5.74) is 3.98. The van der Waals surface area contributed by atoms with Crippen molar-refractivity contribution in [3.63, 3.8) is 0 Å². The quantitative estimate of drug-likeness (QED) is 0.678. The molecule has 1 aromatic carbocycles. The Morgan fingerprint density at radius 3 is 2.92 bits per heavy atom. The van der Waals surface area contributed by atoms with Crippen molar-refractivity contribution < 1.29 is 9.59 Å². The van der Waals surface area contributed by atoms with Crippen molar-refractivity contribution in [3.8, 4) is 11.1 Å². The molecule has 0 radical (unpaired) electrons. The number of anilines is 2. The fraction of sp³-hybridized carbons (Fsp3) is 0.316. The molecule has 0 atom stereocenters. The standard InChI is InChI=1S/C19H22N4O2/c1-13(24)20-8-2-3-9-21-19-16(5-4-10-22-19)14-6-7-17-15(11-14)12-18(25)23-17/h4-7,10-11H,2-3,8-9,12H2,1H3,(H,20,24)(H,21,22)(H,23,25). The Labute approximate surface area is 147 Å². The Kier molecular flexibility index (Phi) is 5.28. The number of aromatic nitrogens is 1. The van der Waals surface area contributed by atoms with Crippen LogP contribution >= 0.6 is 0 Å². The van der Waals surface area contributed by atoms with E-state index < -0.39 is 0 Å². The molecule has 2 amide bonds. The Balaban J connectivity index is 1.64. The third-order valence-electron chi connectivity index (χ3n) is 4.12. The van der Waals surface area contributed by atoms with Crippen LogP contribution in [0.1, 0.15) is 25.3 Å². The van der Waals surface area contributed by atoms with E-state index in [-0.39, 0.29) is 11.8 Å². The highest BCUT2D eigenvalue weighted by Crippen LogP contribution is 2.31. The van der Waals surface area contributed by atoms with Crippen LogP contribution in [-0.4, -0.2) is 29.9 Å². The van der Waals surface area contributed by atoms with Gasteiger partial charge in [0.05, 0.1) is 6.42 Å². The van der Waals surface area contributed by atoms with E-state index >= 15 is 0 Å². The first kappa shape index (κ1) is 17.0. The number of hydrogen-bond acceptors (Lipinski definition) is 4. The minimum absolute atomic E-state index is 0.00422. The molecule has 0 aliphatic carbocycles. The number of hydrogen-bond donors (Lipinski definition) is 3. The molecule has 3 N–H and O–H groups in total. The summed E-state index contributed by atoms with van der Waals surface area (Å²) in [7, 11) is 0. The number of carbonyl (C=O) groups is 2. The number of unbranched alkanes of at least 4 members (excludes halogenated alkanes) is 1. The summed E-state index contributed by atoms with van der Waals surface area (Å²) in [4.78, 5) is 26.8. The lowest BCUT2D eigenvalue weighted by atomic mass is 10.0. The highest BCUT2D eigenvalue weighted by Gasteiger charge is 2.18. The molecule has 6 nitrogen and oxygen atoms in total. The van der Waals surface area contributed by atoms with Gasteiger partial charge in [-0.1, -0.05) is 6.07 Å². The van der Waals surface area contributed by atoms with Gasteiger partial charge in [-0.2, -0.15) is 0 Å². The first-order chi connectivity index (χ1) is 12.1. The Morgan fingerprint density at radius 1 is 1.24 bits per heavy atom. The third kappa shape index (κ3) is 4.35. The Hall–Kier alpha value is -2.89. The van der Waals surface area contributed by atoms with Gasteiger partial charge in [-0.25, -0.2) is 4.98 Å². The lowest BCUT2D eigenvalue weighted by Crippen LogP contribution is -2.21. The Bertz CT molecular complexity index is 789. The third-order valence-corrected chi connectivity index (χ3v) is 4.12. The zero-order chi connectivity index (χ0) is 17.6. The van der Waals surface area contributed by atoms with Gasteiger partial charge < -0.3 is 16.0 Å². The summed E-state index contributed by atoms with van der Waals surface area (Å²) in [6, 6.07) is 9.93. The molecule has 0 unspecified atom stereocenters. The van der Waals surface area contributed by atoms with Crippen molar-refractivity contribution in [1.82, 2.24) is 10.3 Å². The van der Waals surface area contributed by atoms with Crippen LogP contribution < -0.4 is 16.0 Å². The van der Waals surface area contributed by atoms with Crippen LogP contribution in [0.25, 0.3) is 11.1 Å². The molecule has 2 heterocycles. The van der Waals surface area contributed by atoms with E-state index in [4.69, 9.17) is 0 Å². The molecule has 0 spiro atoms. The molecule has 0 fully saturated rings. The summed E-state index contributed by atoms with van der Waals surface area (Å²) in [5.74, 6) is 0.875. The molecule has 0 saturated carbocycles. The fourth-order valence-corrected chi connectivity index (χ4v) is 2.90. The smallest absolute Gasteiger partial charge is 0.228 e. The maximum atomic E-state index is 11.5. The van der Waals surface area contributed by atoms with Crippen LogP contribution in [0.15, 0.2) is 36.5 Å². The predicted octanol–water partition coefficient (Wildman–Crippen LogP) is 2.57. The van der Waals surface area contributed by atoms with E-state index in [1.807, 2.05) is 30.3 Å². The van der Waals surface area contributed by atoms with Gasteiger partial charge in [0, 0.05) is 37.5 Å². The van der Waals surface area contributed by atoms with Gasteiger partial charge in [0.25, 0.3) is 0 Å². The van der Waals surface area contributed by atoms with Crippen LogP contribution in [0.5, 0.6) is 0 Å². The molecule has 3 rings (SSSR count). The van der Waals surface area contributed by atoms with Gasteiger partial charge in [-0.15, -0.1) is 0 Å². The van der Waals surface area contributed by atoms with E-state index in [0.717, 1.165) is 47.6 Å². The van der Waals surface area contributed by atoms with E-state index in [1.54, 1.807) is 6.20 Å². The van der Waals surface area contributed by atoms with E-state index in [0.29, 0.717) is 13.0 Å². The van der Waals surface area contributed by atoms with Crippen molar-refractivity contribution in [2.45, 2.75) is 26.2 Å². The SMILES string of the molecule is CC(=O)NCCCCNc1ncccc1-c1ccc2c(c1)CC(=O)N2. The molecule has 0 saturated heterocycles. The summed E-state index contributed by atoms with van der Waals surface area (Å²) in [5, 5.41) is 9.02. The molecule has 1 aliphatic rings. The summed E-state index contributed by atoms with van der Waals surface area (Å²) >= 11 is 0. The van der Waals surface area contributed by atoms with Crippen LogP contribution in [0, 0.1) is 0 Å². The maximum Gasteiger partial charge on any atom is 0.228 e. The van der Waals surface area contributed by atoms with Crippen LogP contribution in [-0.2, 0) is 16.0 Å². The lowest BCUT2D eigenvalue weighted by molar-refractivity contribution is -0.119. The maximum absolute atomic E-state index is 11.5. The van der Waals surface area contributed by atoms with Crippen molar-refractivity contribution in [2.24, 2.45) is 0 Å². The number of fused-ring (bicyclic) bond motifs is 1. The van der Waals surface area contributed by atoms with Crippen LogP contribution in [0.2, 0.25) is 0 Å². The number of carbonyl (C=O) groups excluding carboxylic acids is 2. The van der Waals surface area contributed by atoms with Gasteiger partial charge in [-0.3, -0.25) is 9.59 Å². The summed E-state index contributed by atoms with van der Waals surface area (Å²) < 4.78 is 0. The van der Waals surface area contributed by atoms with Crippen molar-refractivity contribution in [2.75, 3.05) is 23.7 Å². The highest BCUT2D eigenvalue weighted by atomic mass is 16.2. The normalized spacial score (nSPS) is 12.4. The van der Waals surface area contributed by atoms with Crippen molar-refractivity contribution >= 4 is 23.3 Å².